The molecule has 0 amide bonds. The average Bonchev–Trinajstić information content (AvgIpc) is 2.35. The van der Waals surface area contributed by atoms with Gasteiger partial charge in [-0.3, -0.25) is 0 Å². The van der Waals surface area contributed by atoms with Gasteiger partial charge in [-0.15, -0.1) is 0 Å². The van der Waals surface area contributed by atoms with E-state index in [1.807, 2.05) is 43.3 Å². The Balaban J connectivity index is 2.75. The van der Waals surface area contributed by atoms with Crippen molar-refractivity contribution in [3.8, 4) is 6.07 Å². The van der Waals surface area contributed by atoms with Crippen LogP contribution in [0.15, 0.2) is 30.3 Å². The van der Waals surface area contributed by atoms with E-state index in [0.717, 1.165) is 5.56 Å². The van der Waals surface area contributed by atoms with Crippen LogP contribution in [0.2, 0.25) is 0 Å². The summed E-state index contributed by atoms with van der Waals surface area (Å²) < 4.78 is 9.20. The molecule has 0 bridgehead atoms. The molecule has 0 aromatic heterocycles. The van der Waals surface area contributed by atoms with Gasteiger partial charge in [-0.05, 0) is 5.56 Å². The van der Waals surface area contributed by atoms with Crippen molar-refractivity contribution in [2.45, 2.75) is 18.9 Å². The first-order valence-corrected chi connectivity index (χ1v) is 4.88. The van der Waals surface area contributed by atoms with E-state index in [0.29, 0.717) is 0 Å². The van der Waals surface area contributed by atoms with Gasteiger partial charge in [0.15, 0.2) is 6.10 Å². The van der Waals surface area contributed by atoms with Crippen LogP contribution in [-0.2, 0) is 9.47 Å². The number of hydrogen-bond acceptors (Lipinski definition) is 4. The van der Waals surface area contributed by atoms with Gasteiger partial charge in [0.1, 0.15) is 6.07 Å². The molecule has 0 spiro atoms. The minimum absolute atomic E-state index is 0.190. The van der Waals surface area contributed by atoms with Gasteiger partial charge in [-0.25, -0.2) is 4.79 Å². The van der Waals surface area contributed by atoms with E-state index in [1.165, 1.54) is 7.11 Å². The first-order valence-electron chi connectivity index (χ1n) is 4.88. The van der Waals surface area contributed by atoms with Gasteiger partial charge < -0.3 is 9.47 Å². The Bertz CT molecular complexity index is 383. The van der Waals surface area contributed by atoms with Crippen LogP contribution in [0.5, 0.6) is 0 Å². The largest absolute Gasteiger partial charge is 0.509 e. The first kappa shape index (κ1) is 12.1. The second kappa shape index (κ2) is 5.76. The van der Waals surface area contributed by atoms with Crippen molar-refractivity contribution >= 4 is 6.16 Å². The highest BCUT2D eigenvalue weighted by Crippen LogP contribution is 2.21. The van der Waals surface area contributed by atoms with Crippen molar-refractivity contribution in [1.82, 2.24) is 0 Å². The van der Waals surface area contributed by atoms with Crippen LogP contribution in [0.4, 0.5) is 4.79 Å². The van der Waals surface area contributed by atoms with Crippen molar-refractivity contribution in [3.63, 3.8) is 0 Å². The molecule has 0 saturated heterocycles. The van der Waals surface area contributed by atoms with Gasteiger partial charge >= 0.3 is 6.16 Å². The Morgan fingerprint density at radius 3 is 2.50 bits per heavy atom. The molecule has 84 valence electrons. The Morgan fingerprint density at radius 1 is 1.38 bits per heavy atom. The lowest BCUT2D eigenvalue weighted by atomic mass is 9.96. The molecule has 0 aliphatic carbocycles. The summed E-state index contributed by atoms with van der Waals surface area (Å²) in [6.07, 6.45) is -1.68. The van der Waals surface area contributed by atoms with E-state index < -0.39 is 12.3 Å². The van der Waals surface area contributed by atoms with Crippen LogP contribution in [0.3, 0.4) is 0 Å². The zero-order valence-corrected chi connectivity index (χ0v) is 9.21. The predicted molar refractivity (Wildman–Crippen MR) is 57.7 cm³/mol. The number of methoxy groups -OCH3 is 1. The number of carbonyl (C=O) groups excluding carboxylic acids is 1. The van der Waals surface area contributed by atoms with Gasteiger partial charge in [0.2, 0.25) is 0 Å². The van der Waals surface area contributed by atoms with Crippen LogP contribution in [0, 0.1) is 11.3 Å². The molecule has 0 heterocycles. The molecular weight excluding hydrogens is 206 g/mol. The molecule has 2 unspecified atom stereocenters. The minimum Gasteiger partial charge on any atom is -0.438 e. The standard InChI is InChI=1S/C12H13NO3/c1-9(10-6-4-3-5-7-10)11(8-13)16-12(14)15-2/h3-7,9,11H,1-2H3. The van der Waals surface area contributed by atoms with Crippen molar-refractivity contribution < 1.29 is 14.3 Å². The Labute approximate surface area is 94.4 Å². The molecule has 16 heavy (non-hydrogen) atoms. The van der Waals surface area contributed by atoms with Crippen LogP contribution in [-0.4, -0.2) is 19.4 Å². The number of carbonyl (C=O) groups is 1. The molecule has 0 radical (unpaired) electrons. The summed E-state index contributed by atoms with van der Waals surface area (Å²) >= 11 is 0. The number of ether oxygens (including phenoxy) is 2. The maximum atomic E-state index is 10.9. The zero-order valence-electron chi connectivity index (χ0n) is 9.21. The maximum Gasteiger partial charge on any atom is 0.509 e. The highest BCUT2D eigenvalue weighted by Gasteiger charge is 2.22. The van der Waals surface area contributed by atoms with Crippen molar-refractivity contribution in [2.75, 3.05) is 7.11 Å². The van der Waals surface area contributed by atoms with Crippen LogP contribution in [0.25, 0.3) is 0 Å². The van der Waals surface area contributed by atoms with Crippen molar-refractivity contribution in [1.29, 1.82) is 5.26 Å². The lowest BCUT2D eigenvalue weighted by molar-refractivity contribution is 0.0480. The molecule has 0 aliphatic rings. The van der Waals surface area contributed by atoms with Crippen molar-refractivity contribution in [2.24, 2.45) is 0 Å². The van der Waals surface area contributed by atoms with E-state index in [2.05, 4.69) is 4.74 Å². The lowest BCUT2D eigenvalue weighted by Gasteiger charge is -2.17. The number of nitrogens with zero attached hydrogens (tertiary/aromatic N) is 1. The average molecular weight is 219 g/mol. The number of rotatable bonds is 3. The predicted octanol–water partition coefficient (Wildman–Crippen LogP) is 2.47. The zero-order chi connectivity index (χ0) is 12.0. The molecule has 0 N–H and O–H groups in total. The van der Waals surface area contributed by atoms with E-state index in [4.69, 9.17) is 10.00 Å². The number of benzene rings is 1. The highest BCUT2D eigenvalue weighted by molar-refractivity contribution is 5.60. The third kappa shape index (κ3) is 2.99. The summed E-state index contributed by atoms with van der Waals surface area (Å²) in [7, 11) is 1.21. The Hall–Kier alpha value is -2.02. The first-order chi connectivity index (χ1) is 7.69. The fourth-order valence-corrected chi connectivity index (χ4v) is 1.32. The molecule has 1 rings (SSSR count). The molecule has 0 aliphatic heterocycles. The van der Waals surface area contributed by atoms with E-state index in [9.17, 15) is 4.79 Å². The van der Waals surface area contributed by atoms with E-state index in [1.54, 1.807) is 0 Å². The van der Waals surface area contributed by atoms with Gasteiger partial charge in [-0.1, -0.05) is 37.3 Å². The topological polar surface area (TPSA) is 59.3 Å². The van der Waals surface area contributed by atoms with Crippen LogP contribution < -0.4 is 0 Å². The second-order valence-corrected chi connectivity index (χ2v) is 3.32. The molecule has 4 heteroatoms. The van der Waals surface area contributed by atoms with E-state index in [-0.39, 0.29) is 5.92 Å². The van der Waals surface area contributed by atoms with Crippen LogP contribution >= 0.6 is 0 Å². The van der Waals surface area contributed by atoms with E-state index >= 15 is 0 Å². The third-order valence-electron chi connectivity index (χ3n) is 2.30. The summed E-state index contributed by atoms with van der Waals surface area (Å²) in [5, 5.41) is 8.92. The number of hydrogen-bond donors (Lipinski definition) is 0. The number of nitriles is 1. The summed E-state index contributed by atoms with van der Waals surface area (Å²) in [5.41, 5.74) is 0.943. The Morgan fingerprint density at radius 2 is 2.00 bits per heavy atom. The minimum atomic E-state index is -0.839. The molecule has 1 aromatic carbocycles. The summed E-state index contributed by atoms with van der Waals surface area (Å²) in [5.74, 6) is -0.190. The molecule has 1 aromatic rings. The van der Waals surface area contributed by atoms with Gasteiger partial charge in [-0.2, -0.15) is 5.26 Å². The summed E-state index contributed by atoms with van der Waals surface area (Å²) in [6, 6.07) is 11.3. The van der Waals surface area contributed by atoms with Crippen LogP contribution in [0.1, 0.15) is 18.4 Å². The fourth-order valence-electron chi connectivity index (χ4n) is 1.32. The molecular formula is C12H13NO3. The monoisotopic (exact) mass is 219 g/mol. The SMILES string of the molecule is COC(=O)OC(C#N)C(C)c1ccccc1. The molecule has 4 nitrogen and oxygen atoms in total. The molecule has 0 saturated carbocycles. The molecule has 0 fully saturated rings. The third-order valence-corrected chi connectivity index (χ3v) is 2.30. The lowest BCUT2D eigenvalue weighted by Crippen LogP contribution is -2.22. The van der Waals surface area contributed by atoms with Gasteiger partial charge in [0, 0.05) is 5.92 Å². The van der Waals surface area contributed by atoms with Crippen molar-refractivity contribution in [3.05, 3.63) is 35.9 Å². The second-order valence-electron chi connectivity index (χ2n) is 3.32. The summed E-state index contributed by atoms with van der Waals surface area (Å²) in [6.45, 7) is 1.83. The Kier molecular flexibility index (Phi) is 4.34. The van der Waals surface area contributed by atoms with Gasteiger partial charge in [0.25, 0.3) is 0 Å². The smallest absolute Gasteiger partial charge is 0.438 e. The molecule has 2 atom stereocenters. The quantitative estimate of drug-likeness (QED) is 0.733. The highest BCUT2D eigenvalue weighted by atomic mass is 16.7. The fraction of sp³-hybridized carbons (Fsp3) is 0.333. The normalized spacial score (nSPS) is 13.3. The van der Waals surface area contributed by atoms with Gasteiger partial charge in [0.05, 0.1) is 7.11 Å². The summed E-state index contributed by atoms with van der Waals surface area (Å²) in [4.78, 5) is 10.9. The maximum absolute atomic E-state index is 10.9.